The molecule has 1 unspecified atom stereocenters. The van der Waals surface area contributed by atoms with Gasteiger partial charge in [0.05, 0.1) is 22.3 Å². The zero-order valence-electron chi connectivity index (χ0n) is 11.0. The zero-order chi connectivity index (χ0) is 13.9. The summed E-state index contributed by atoms with van der Waals surface area (Å²) in [5, 5.41) is 5.05. The Labute approximate surface area is 122 Å². The Balaban J connectivity index is 2.10. The van der Waals surface area contributed by atoms with Gasteiger partial charge in [-0.1, -0.05) is 23.7 Å². The Hall–Kier alpha value is -1.97. The number of halogens is 1. The molecule has 3 rings (SSSR count). The van der Waals surface area contributed by atoms with Crippen LogP contribution in [0.15, 0.2) is 54.9 Å². The van der Waals surface area contributed by atoms with E-state index in [0.717, 1.165) is 22.2 Å². The maximum absolute atomic E-state index is 6.25. The number of nitrogens with one attached hydrogen (secondary N) is 1. The molecule has 2 aromatic heterocycles. The van der Waals surface area contributed by atoms with E-state index in [1.165, 1.54) is 0 Å². The summed E-state index contributed by atoms with van der Waals surface area (Å²) in [5.41, 5.74) is 2.94. The summed E-state index contributed by atoms with van der Waals surface area (Å²) in [6.07, 6.45) is 3.56. The molecule has 0 aliphatic carbocycles. The summed E-state index contributed by atoms with van der Waals surface area (Å²) in [6.45, 7) is 0. The van der Waals surface area contributed by atoms with Gasteiger partial charge in [0.2, 0.25) is 0 Å². The molecular weight excluding hydrogens is 270 g/mol. The van der Waals surface area contributed by atoms with Crippen LogP contribution in [0.1, 0.15) is 17.3 Å². The first kappa shape index (κ1) is 13.0. The normalized spacial score (nSPS) is 12.5. The minimum Gasteiger partial charge on any atom is -0.308 e. The number of rotatable bonds is 3. The van der Waals surface area contributed by atoms with Gasteiger partial charge in [0.1, 0.15) is 0 Å². The van der Waals surface area contributed by atoms with Gasteiger partial charge >= 0.3 is 0 Å². The Morgan fingerprint density at radius 2 is 1.85 bits per heavy atom. The van der Waals surface area contributed by atoms with Crippen LogP contribution in [0.3, 0.4) is 0 Å². The maximum atomic E-state index is 6.25. The molecule has 3 aromatic rings. The highest BCUT2D eigenvalue weighted by atomic mass is 35.5. The summed E-state index contributed by atoms with van der Waals surface area (Å²) in [5.74, 6) is 0. The third-order valence-corrected chi connectivity index (χ3v) is 3.63. The van der Waals surface area contributed by atoms with Crippen molar-refractivity contribution < 1.29 is 0 Å². The average molecular weight is 284 g/mol. The molecule has 4 heteroatoms. The second-order valence-corrected chi connectivity index (χ2v) is 4.95. The summed E-state index contributed by atoms with van der Waals surface area (Å²) >= 11 is 6.25. The van der Waals surface area contributed by atoms with Crippen molar-refractivity contribution in [3.63, 3.8) is 0 Å². The van der Waals surface area contributed by atoms with Gasteiger partial charge in [-0.2, -0.15) is 0 Å². The topological polar surface area (TPSA) is 37.8 Å². The van der Waals surface area contributed by atoms with Crippen molar-refractivity contribution in [3.8, 4) is 0 Å². The van der Waals surface area contributed by atoms with Crippen molar-refractivity contribution >= 4 is 22.5 Å². The van der Waals surface area contributed by atoms with Crippen molar-refractivity contribution in [1.82, 2.24) is 15.3 Å². The van der Waals surface area contributed by atoms with Crippen LogP contribution in [0, 0.1) is 0 Å². The average Bonchev–Trinajstić information content (AvgIpc) is 2.50. The fourth-order valence-corrected chi connectivity index (χ4v) is 2.58. The van der Waals surface area contributed by atoms with Crippen LogP contribution < -0.4 is 5.32 Å². The lowest BCUT2D eigenvalue weighted by molar-refractivity contribution is 0.672. The Morgan fingerprint density at radius 3 is 2.65 bits per heavy atom. The third kappa shape index (κ3) is 2.38. The van der Waals surface area contributed by atoms with E-state index in [1.54, 1.807) is 12.4 Å². The SMILES string of the molecule is CNC(c1ccc2ncccc2c1)c1ncccc1Cl. The molecular formula is C16H14ClN3. The molecule has 0 radical (unpaired) electrons. The van der Waals surface area contributed by atoms with Crippen molar-refractivity contribution in [2.24, 2.45) is 0 Å². The van der Waals surface area contributed by atoms with Gasteiger partial charge in [0.25, 0.3) is 0 Å². The monoisotopic (exact) mass is 283 g/mol. The lowest BCUT2D eigenvalue weighted by Gasteiger charge is -2.17. The van der Waals surface area contributed by atoms with E-state index in [0.29, 0.717) is 5.02 Å². The first-order chi connectivity index (χ1) is 9.79. The maximum Gasteiger partial charge on any atom is 0.0804 e. The fraction of sp³-hybridized carbons (Fsp3) is 0.125. The minimum absolute atomic E-state index is 0.0340. The van der Waals surface area contributed by atoms with E-state index < -0.39 is 0 Å². The molecule has 0 saturated carbocycles. The molecule has 1 atom stereocenters. The molecule has 3 nitrogen and oxygen atoms in total. The molecule has 0 saturated heterocycles. The number of fused-ring (bicyclic) bond motifs is 1. The Kier molecular flexibility index (Phi) is 3.63. The van der Waals surface area contributed by atoms with E-state index in [9.17, 15) is 0 Å². The number of benzene rings is 1. The molecule has 100 valence electrons. The molecule has 2 heterocycles. The van der Waals surface area contributed by atoms with Gasteiger partial charge in [-0.25, -0.2) is 0 Å². The fourth-order valence-electron chi connectivity index (χ4n) is 2.35. The van der Waals surface area contributed by atoms with Crippen molar-refractivity contribution in [2.45, 2.75) is 6.04 Å². The lowest BCUT2D eigenvalue weighted by atomic mass is 10.0. The third-order valence-electron chi connectivity index (χ3n) is 3.31. The molecule has 0 aliphatic heterocycles. The Bertz CT molecular complexity index is 742. The van der Waals surface area contributed by atoms with Gasteiger partial charge in [0, 0.05) is 17.8 Å². The van der Waals surface area contributed by atoms with Crippen LogP contribution in [0.25, 0.3) is 10.9 Å². The molecule has 0 fully saturated rings. The van der Waals surface area contributed by atoms with Crippen molar-refractivity contribution in [3.05, 3.63) is 71.1 Å². The molecule has 0 amide bonds. The number of nitrogens with zero attached hydrogens (tertiary/aromatic N) is 2. The summed E-state index contributed by atoms with van der Waals surface area (Å²) < 4.78 is 0. The first-order valence-electron chi connectivity index (χ1n) is 6.42. The highest BCUT2D eigenvalue weighted by Crippen LogP contribution is 2.27. The largest absolute Gasteiger partial charge is 0.308 e. The van der Waals surface area contributed by atoms with Gasteiger partial charge in [-0.3, -0.25) is 9.97 Å². The first-order valence-corrected chi connectivity index (χ1v) is 6.80. The second kappa shape index (κ2) is 5.57. The van der Waals surface area contributed by atoms with Crippen LogP contribution in [0.5, 0.6) is 0 Å². The summed E-state index contributed by atoms with van der Waals surface area (Å²) in [4.78, 5) is 8.73. The number of hydrogen-bond donors (Lipinski definition) is 1. The predicted molar refractivity (Wildman–Crippen MR) is 81.9 cm³/mol. The van der Waals surface area contributed by atoms with Crippen LogP contribution in [0.2, 0.25) is 5.02 Å². The van der Waals surface area contributed by atoms with Crippen LogP contribution in [0.4, 0.5) is 0 Å². The van der Waals surface area contributed by atoms with Crippen LogP contribution in [-0.4, -0.2) is 17.0 Å². The van der Waals surface area contributed by atoms with E-state index in [1.807, 2.05) is 31.3 Å². The standard InChI is InChI=1S/C16H14ClN3/c1-18-15(16-13(17)5-3-9-20-16)12-6-7-14-11(10-12)4-2-8-19-14/h2-10,15,18H,1H3. The van der Waals surface area contributed by atoms with E-state index in [-0.39, 0.29) is 6.04 Å². The Morgan fingerprint density at radius 1 is 1.05 bits per heavy atom. The summed E-state index contributed by atoms with van der Waals surface area (Å²) in [7, 11) is 1.91. The molecule has 0 bridgehead atoms. The predicted octanol–water partition coefficient (Wildman–Crippen LogP) is 3.59. The molecule has 0 spiro atoms. The van der Waals surface area contributed by atoms with Crippen LogP contribution >= 0.6 is 11.6 Å². The van der Waals surface area contributed by atoms with E-state index >= 15 is 0 Å². The second-order valence-electron chi connectivity index (χ2n) is 4.55. The number of hydrogen-bond acceptors (Lipinski definition) is 3. The quantitative estimate of drug-likeness (QED) is 0.798. The lowest BCUT2D eigenvalue weighted by Crippen LogP contribution is -2.19. The van der Waals surface area contributed by atoms with Gasteiger partial charge in [-0.05, 0) is 42.9 Å². The van der Waals surface area contributed by atoms with Crippen molar-refractivity contribution in [1.29, 1.82) is 0 Å². The highest BCUT2D eigenvalue weighted by Gasteiger charge is 2.16. The van der Waals surface area contributed by atoms with E-state index in [4.69, 9.17) is 11.6 Å². The summed E-state index contributed by atoms with van der Waals surface area (Å²) in [6, 6.07) is 13.8. The molecule has 20 heavy (non-hydrogen) atoms. The van der Waals surface area contributed by atoms with Gasteiger partial charge in [0.15, 0.2) is 0 Å². The number of aromatic nitrogens is 2. The number of pyridine rings is 2. The van der Waals surface area contributed by atoms with Gasteiger partial charge in [-0.15, -0.1) is 0 Å². The van der Waals surface area contributed by atoms with Crippen molar-refractivity contribution in [2.75, 3.05) is 7.05 Å². The van der Waals surface area contributed by atoms with Gasteiger partial charge < -0.3 is 5.32 Å². The minimum atomic E-state index is -0.0340. The molecule has 0 aliphatic rings. The van der Waals surface area contributed by atoms with Crippen LogP contribution in [-0.2, 0) is 0 Å². The molecule has 1 N–H and O–H groups in total. The van der Waals surface area contributed by atoms with E-state index in [2.05, 4.69) is 33.5 Å². The molecule has 1 aromatic carbocycles. The highest BCUT2D eigenvalue weighted by molar-refractivity contribution is 6.31. The smallest absolute Gasteiger partial charge is 0.0804 e. The zero-order valence-corrected chi connectivity index (χ0v) is 11.8.